The van der Waals surface area contributed by atoms with Crippen LogP contribution in [0.1, 0.15) is 66.6 Å². The van der Waals surface area contributed by atoms with Crippen LogP contribution in [-0.2, 0) is 15.7 Å². The molecule has 0 atom stereocenters. The highest BCUT2D eigenvalue weighted by atomic mass is 19.4. The smallest absolute Gasteiger partial charge is 0.416 e. The van der Waals surface area contributed by atoms with Crippen molar-refractivity contribution in [3.05, 3.63) is 89.1 Å². The van der Waals surface area contributed by atoms with Crippen LogP contribution in [0.15, 0.2) is 66.9 Å². The van der Waals surface area contributed by atoms with Gasteiger partial charge in [0.25, 0.3) is 0 Å². The number of rotatable bonds is 5. The van der Waals surface area contributed by atoms with Crippen molar-refractivity contribution >= 4 is 12.1 Å². The summed E-state index contributed by atoms with van der Waals surface area (Å²) in [5.74, 6) is -0.199. The molecule has 0 saturated carbocycles. The third-order valence-electron chi connectivity index (χ3n) is 7.90. The molecule has 0 radical (unpaired) electrons. The number of aromatic nitrogens is 3. The van der Waals surface area contributed by atoms with E-state index < -0.39 is 23.3 Å². The molecule has 4 aromatic rings. The number of hydrogen-bond donors (Lipinski definition) is 0. The summed E-state index contributed by atoms with van der Waals surface area (Å²) in [7, 11) is 1.32. The lowest BCUT2D eigenvalue weighted by Crippen LogP contribution is -2.41. The Morgan fingerprint density at radius 3 is 2.13 bits per heavy atom. The minimum absolute atomic E-state index is 0.285. The van der Waals surface area contributed by atoms with Crippen molar-refractivity contribution in [2.24, 2.45) is 0 Å². The van der Waals surface area contributed by atoms with Crippen molar-refractivity contribution in [3.63, 3.8) is 0 Å². The summed E-state index contributed by atoms with van der Waals surface area (Å²) in [6.07, 6.45) is -1.47. The van der Waals surface area contributed by atoms with E-state index in [1.165, 1.54) is 29.5 Å². The van der Waals surface area contributed by atoms with Gasteiger partial charge in [0.15, 0.2) is 0 Å². The fraction of sp³-hybridized carbons (Fsp3) is 0.353. The number of amides is 1. The molecule has 0 unspecified atom stereocenters. The Kier molecular flexibility index (Phi) is 8.73. The van der Waals surface area contributed by atoms with E-state index >= 15 is 0 Å². The number of alkyl halides is 3. The summed E-state index contributed by atoms with van der Waals surface area (Å²) < 4.78 is 51.0. The van der Waals surface area contributed by atoms with Gasteiger partial charge in [-0.15, -0.1) is 5.10 Å². The first kappa shape index (κ1) is 31.7. The molecule has 11 heteroatoms. The third kappa shape index (κ3) is 7.19. The number of methoxy groups -OCH3 is 1. The molecule has 0 aliphatic carbocycles. The van der Waals surface area contributed by atoms with Crippen molar-refractivity contribution in [1.82, 2.24) is 19.9 Å². The minimum atomic E-state index is -4.44. The first-order chi connectivity index (χ1) is 21.2. The van der Waals surface area contributed by atoms with Crippen molar-refractivity contribution in [3.8, 4) is 28.1 Å². The van der Waals surface area contributed by atoms with Crippen LogP contribution < -0.4 is 0 Å². The normalized spacial score (nSPS) is 14.4. The van der Waals surface area contributed by atoms with Crippen LogP contribution >= 0.6 is 0 Å². The van der Waals surface area contributed by atoms with Gasteiger partial charge in [0.1, 0.15) is 11.3 Å². The summed E-state index contributed by atoms with van der Waals surface area (Å²) in [6, 6.07) is 16.4. The number of carbonyl (C=O) groups excluding carboxylic acids is 2. The van der Waals surface area contributed by atoms with Crippen molar-refractivity contribution in [2.45, 2.75) is 58.2 Å². The Morgan fingerprint density at radius 2 is 1.56 bits per heavy atom. The molecule has 1 aliphatic heterocycles. The predicted octanol–water partition coefficient (Wildman–Crippen LogP) is 7.83. The number of carbonyl (C=O) groups is 2. The van der Waals surface area contributed by atoms with E-state index in [4.69, 9.17) is 9.47 Å². The monoisotopic (exact) mass is 620 g/mol. The van der Waals surface area contributed by atoms with E-state index in [1.54, 1.807) is 17.2 Å². The second-order valence-electron chi connectivity index (χ2n) is 12.1. The Bertz CT molecular complexity index is 1680. The van der Waals surface area contributed by atoms with E-state index in [0.29, 0.717) is 41.5 Å². The van der Waals surface area contributed by atoms with E-state index in [0.717, 1.165) is 41.7 Å². The molecule has 2 heterocycles. The number of esters is 1. The molecule has 1 saturated heterocycles. The lowest BCUT2D eigenvalue weighted by molar-refractivity contribution is -0.137. The molecule has 45 heavy (non-hydrogen) atoms. The highest BCUT2D eigenvalue weighted by Crippen LogP contribution is 2.35. The van der Waals surface area contributed by atoms with Crippen LogP contribution in [0.4, 0.5) is 18.0 Å². The van der Waals surface area contributed by atoms with Crippen LogP contribution in [0.5, 0.6) is 0 Å². The van der Waals surface area contributed by atoms with Crippen molar-refractivity contribution < 1.29 is 32.2 Å². The summed E-state index contributed by atoms with van der Waals surface area (Å²) >= 11 is 0. The van der Waals surface area contributed by atoms with Crippen LogP contribution in [0, 0.1) is 6.92 Å². The van der Waals surface area contributed by atoms with Crippen LogP contribution in [0.25, 0.3) is 28.1 Å². The number of hydrogen-bond acceptors (Lipinski definition) is 6. The lowest BCUT2D eigenvalue weighted by atomic mass is 9.87. The quantitative estimate of drug-likeness (QED) is 0.212. The van der Waals surface area contributed by atoms with Gasteiger partial charge in [-0.2, -0.15) is 13.2 Å². The second kappa shape index (κ2) is 12.4. The summed E-state index contributed by atoms with van der Waals surface area (Å²) in [4.78, 5) is 27.0. The highest BCUT2D eigenvalue weighted by Gasteiger charge is 2.30. The predicted molar refractivity (Wildman–Crippen MR) is 163 cm³/mol. The van der Waals surface area contributed by atoms with Gasteiger partial charge in [-0.05, 0) is 105 Å². The van der Waals surface area contributed by atoms with Crippen LogP contribution in [0.2, 0.25) is 0 Å². The van der Waals surface area contributed by atoms with Gasteiger partial charge in [0.2, 0.25) is 0 Å². The molecule has 0 N–H and O–H groups in total. The van der Waals surface area contributed by atoms with Crippen LogP contribution in [0.3, 0.4) is 0 Å². The van der Waals surface area contributed by atoms with Crippen molar-refractivity contribution in [2.75, 3.05) is 20.2 Å². The first-order valence-electron chi connectivity index (χ1n) is 14.6. The summed E-state index contributed by atoms with van der Waals surface area (Å²) in [6.45, 7) is 8.67. The second-order valence-corrected chi connectivity index (χ2v) is 12.1. The minimum Gasteiger partial charge on any atom is -0.465 e. The maximum atomic E-state index is 13.0. The van der Waals surface area contributed by atoms with Gasteiger partial charge in [0, 0.05) is 18.7 Å². The number of likely N-dealkylation sites (tertiary alicyclic amines) is 1. The summed E-state index contributed by atoms with van der Waals surface area (Å²) in [5.41, 5.74) is 4.14. The average molecular weight is 621 g/mol. The maximum Gasteiger partial charge on any atom is 0.416 e. The molecule has 3 aromatic carbocycles. The number of piperidine rings is 1. The van der Waals surface area contributed by atoms with Crippen LogP contribution in [-0.4, -0.2) is 57.8 Å². The number of nitrogens with zero attached hydrogens (tertiary/aromatic N) is 4. The van der Waals surface area contributed by atoms with E-state index in [1.807, 2.05) is 45.9 Å². The van der Waals surface area contributed by atoms with Gasteiger partial charge in [-0.3, -0.25) is 0 Å². The molecule has 1 aliphatic rings. The van der Waals surface area contributed by atoms with E-state index in [2.05, 4.69) is 22.4 Å². The highest BCUT2D eigenvalue weighted by molar-refractivity contribution is 5.95. The molecular weight excluding hydrogens is 585 g/mol. The topological polar surface area (TPSA) is 86.6 Å². The number of benzene rings is 3. The van der Waals surface area contributed by atoms with Gasteiger partial charge in [-0.1, -0.05) is 29.5 Å². The zero-order valence-electron chi connectivity index (χ0n) is 25.8. The Morgan fingerprint density at radius 1 is 0.911 bits per heavy atom. The molecule has 0 spiro atoms. The maximum absolute atomic E-state index is 13.0. The average Bonchev–Trinajstić information content (AvgIpc) is 3.50. The fourth-order valence-corrected chi connectivity index (χ4v) is 5.47. The summed E-state index contributed by atoms with van der Waals surface area (Å²) in [5, 5.41) is 8.35. The van der Waals surface area contributed by atoms with Crippen molar-refractivity contribution in [1.29, 1.82) is 0 Å². The van der Waals surface area contributed by atoms with Gasteiger partial charge in [0.05, 0.1) is 30.1 Å². The van der Waals surface area contributed by atoms with E-state index in [9.17, 15) is 22.8 Å². The molecule has 1 amide bonds. The molecule has 1 fully saturated rings. The number of halogens is 3. The number of ether oxygens (including phenoxy) is 2. The molecule has 0 bridgehead atoms. The SMILES string of the molecule is COC(=O)c1cc(-c2cn(-c3ccc(C(F)(F)F)cc3)nn2)cc(-c2ccc(C3CCN(C(=O)OC(C)(C)C)CC3)cc2)c1C. The molecule has 1 aromatic heterocycles. The van der Waals surface area contributed by atoms with E-state index in [-0.39, 0.29) is 6.09 Å². The largest absolute Gasteiger partial charge is 0.465 e. The standard InChI is InChI=1S/C34H35F3N4O4/c1-21-28(24-8-6-22(7-9-24)23-14-16-40(17-15-23)32(43)45-33(2,3)4)18-25(19-29(21)31(42)44-5)30-20-41(39-38-30)27-12-10-26(11-13-27)34(35,36)37/h6-13,18-20,23H,14-17H2,1-5H3. The zero-order valence-corrected chi connectivity index (χ0v) is 25.8. The molecule has 5 rings (SSSR count). The molecular formula is C34H35F3N4O4. The molecule has 8 nitrogen and oxygen atoms in total. The Labute approximate surface area is 259 Å². The zero-order chi connectivity index (χ0) is 32.5. The van der Waals surface area contributed by atoms with Gasteiger partial charge in [-0.25, -0.2) is 14.3 Å². The fourth-order valence-electron chi connectivity index (χ4n) is 5.47. The lowest BCUT2D eigenvalue weighted by Gasteiger charge is -2.33. The first-order valence-corrected chi connectivity index (χ1v) is 14.6. The third-order valence-corrected chi connectivity index (χ3v) is 7.90. The Balaban J connectivity index is 1.39. The van der Waals surface area contributed by atoms with Gasteiger partial charge < -0.3 is 14.4 Å². The molecule has 236 valence electrons. The van der Waals surface area contributed by atoms with Gasteiger partial charge >= 0.3 is 18.2 Å². The Hall–Kier alpha value is -4.67.